The van der Waals surface area contributed by atoms with Gasteiger partial charge >= 0.3 is 6.18 Å². The zero-order valence-corrected chi connectivity index (χ0v) is 18.4. The quantitative estimate of drug-likeness (QED) is 0.584. The Kier molecular flexibility index (Phi) is 6.17. The number of carbonyl (C=O) groups excluding carboxylic acids is 1. The Hall–Kier alpha value is -3.31. The fraction of sp³-hybridized carbons (Fsp3) is 0.143. The van der Waals surface area contributed by atoms with Crippen molar-refractivity contribution in [3.8, 4) is 11.5 Å². The number of aliphatic imine (C=N–C) groups is 1. The summed E-state index contributed by atoms with van der Waals surface area (Å²) in [6.07, 6.45) is -3.37. The van der Waals surface area contributed by atoms with Gasteiger partial charge in [-0.2, -0.15) is 28.3 Å². The lowest BCUT2D eigenvalue weighted by Gasteiger charge is -2.20. The van der Waals surface area contributed by atoms with Gasteiger partial charge in [0.05, 0.1) is 12.7 Å². The summed E-state index contributed by atoms with van der Waals surface area (Å²) in [6, 6.07) is 12.0. The molecule has 0 unspecified atom stereocenters. The summed E-state index contributed by atoms with van der Waals surface area (Å²) < 4.78 is 50.0. The Morgan fingerprint density at radius 2 is 1.97 bits per heavy atom. The third-order valence-electron chi connectivity index (χ3n) is 4.54. The molecule has 0 radical (unpaired) electrons. The van der Waals surface area contributed by atoms with E-state index in [1.165, 1.54) is 13.2 Å². The van der Waals surface area contributed by atoms with Gasteiger partial charge in [-0.3, -0.25) is 10.2 Å². The number of amidine groups is 2. The number of methoxy groups -OCH3 is 1. The van der Waals surface area contributed by atoms with Crippen LogP contribution in [-0.2, 0) is 11.4 Å². The van der Waals surface area contributed by atoms with Gasteiger partial charge in [-0.05, 0) is 41.6 Å². The minimum atomic E-state index is -4.70. The molecule has 0 spiro atoms. The van der Waals surface area contributed by atoms with E-state index in [-0.39, 0.29) is 29.1 Å². The van der Waals surface area contributed by atoms with Crippen LogP contribution in [0.1, 0.15) is 11.1 Å². The maximum absolute atomic E-state index is 12.9. The number of hydrazone groups is 1. The van der Waals surface area contributed by atoms with Crippen molar-refractivity contribution in [3.63, 3.8) is 0 Å². The number of ether oxygens (including phenoxy) is 2. The first-order chi connectivity index (χ1) is 15.7. The summed E-state index contributed by atoms with van der Waals surface area (Å²) in [5, 5.41) is 11.3. The first-order valence-electron chi connectivity index (χ1n) is 9.29. The van der Waals surface area contributed by atoms with E-state index < -0.39 is 23.0 Å². The first kappa shape index (κ1) is 22.9. The molecule has 0 aromatic heterocycles. The zero-order valence-electron chi connectivity index (χ0n) is 16.8. The van der Waals surface area contributed by atoms with Gasteiger partial charge in [0.2, 0.25) is 10.2 Å². The Morgan fingerprint density at radius 3 is 2.67 bits per heavy atom. The Labute approximate surface area is 195 Å². The van der Waals surface area contributed by atoms with Crippen molar-refractivity contribution >= 4 is 51.4 Å². The maximum atomic E-state index is 12.9. The first-order valence-corrected chi connectivity index (χ1v) is 10.5. The molecule has 33 heavy (non-hydrogen) atoms. The highest BCUT2D eigenvalue weighted by Gasteiger charge is 2.46. The molecule has 0 fully saturated rings. The zero-order chi connectivity index (χ0) is 23.8. The van der Waals surface area contributed by atoms with Gasteiger partial charge in [0.1, 0.15) is 6.61 Å². The molecule has 0 saturated heterocycles. The number of halogens is 4. The molecule has 2 aromatic rings. The molecule has 1 amide bonds. The third kappa shape index (κ3) is 4.74. The van der Waals surface area contributed by atoms with Crippen LogP contribution >= 0.6 is 23.4 Å². The largest absolute Gasteiger partial charge is 0.493 e. The van der Waals surface area contributed by atoms with E-state index in [0.717, 1.165) is 5.56 Å². The lowest BCUT2D eigenvalue weighted by Crippen LogP contribution is -2.35. The number of carbonyl (C=O) groups is 1. The number of nitrogens with one attached hydrogen (secondary N) is 1. The van der Waals surface area contributed by atoms with Crippen molar-refractivity contribution in [2.75, 3.05) is 7.11 Å². The van der Waals surface area contributed by atoms with Crippen LogP contribution in [0.5, 0.6) is 11.5 Å². The van der Waals surface area contributed by atoms with Crippen LogP contribution in [0.3, 0.4) is 0 Å². The second-order valence-corrected chi connectivity index (χ2v) is 8.08. The number of thioether (sulfide) groups is 1. The molecule has 0 bridgehead atoms. The number of rotatable bonds is 5. The van der Waals surface area contributed by atoms with Crippen molar-refractivity contribution in [1.29, 1.82) is 5.41 Å². The van der Waals surface area contributed by atoms with E-state index in [4.69, 9.17) is 26.5 Å². The molecule has 2 heterocycles. The van der Waals surface area contributed by atoms with E-state index in [1.807, 2.05) is 18.2 Å². The SMILES string of the molecule is COc1cc(/C=C2/C(=N)N3N=C(C(F)(F)F)SC3=NC2=O)ccc1OCc1ccccc1Cl. The van der Waals surface area contributed by atoms with Crippen LogP contribution in [0.4, 0.5) is 13.2 Å². The highest BCUT2D eigenvalue weighted by molar-refractivity contribution is 8.27. The van der Waals surface area contributed by atoms with Crippen LogP contribution in [0.15, 0.2) is 58.1 Å². The summed E-state index contributed by atoms with van der Waals surface area (Å²) in [4.78, 5) is 16.0. The van der Waals surface area contributed by atoms with Crippen molar-refractivity contribution < 1.29 is 27.4 Å². The van der Waals surface area contributed by atoms with Crippen LogP contribution in [-0.4, -0.2) is 40.2 Å². The molecule has 1 N–H and O–H groups in total. The molecule has 170 valence electrons. The number of benzene rings is 2. The lowest BCUT2D eigenvalue weighted by molar-refractivity contribution is -0.114. The number of hydrogen-bond donors (Lipinski definition) is 1. The van der Waals surface area contributed by atoms with Crippen LogP contribution in [0, 0.1) is 5.41 Å². The average Bonchev–Trinajstić information content (AvgIpc) is 3.21. The van der Waals surface area contributed by atoms with Gasteiger partial charge in [-0.25, -0.2) is 0 Å². The molecular formula is C21H14ClF3N4O3S. The molecule has 0 aliphatic carbocycles. The van der Waals surface area contributed by atoms with E-state index in [2.05, 4.69) is 10.1 Å². The summed E-state index contributed by atoms with van der Waals surface area (Å²) >= 11 is 6.33. The molecular weight excluding hydrogens is 481 g/mol. The molecule has 2 aliphatic rings. The van der Waals surface area contributed by atoms with Crippen LogP contribution in [0.25, 0.3) is 6.08 Å². The van der Waals surface area contributed by atoms with Gasteiger partial charge in [0.25, 0.3) is 5.91 Å². The minimum Gasteiger partial charge on any atom is -0.493 e. The standard InChI is InChI=1S/C21H14ClF3N4O3S/c1-31-16-9-11(6-7-15(16)32-10-12-4-2-3-5-14(12)22)8-13-17(26)29-20(27-18(13)30)33-19(28-29)21(23,24)25/h2-9,26H,10H2,1H3/b13-8-,26-17?. The second kappa shape index (κ2) is 8.91. The number of hydrogen-bond acceptors (Lipinski definition) is 6. The number of fused-ring (bicyclic) bond motifs is 1. The predicted molar refractivity (Wildman–Crippen MR) is 120 cm³/mol. The van der Waals surface area contributed by atoms with Gasteiger partial charge in [-0.15, -0.1) is 0 Å². The topological polar surface area (TPSA) is 87.3 Å². The molecule has 7 nitrogen and oxygen atoms in total. The maximum Gasteiger partial charge on any atom is 0.441 e. The van der Waals surface area contributed by atoms with Gasteiger partial charge < -0.3 is 9.47 Å². The second-order valence-electron chi connectivity index (χ2n) is 6.71. The molecule has 4 rings (SSSR count). The third-order valence-corrected chi connectivity index (χ3v) is 5.86. The van der Waals surface area contributed by atoms with Crippen LogP contribution in [0.2, 0.25) is 5.02 Å². The van der Waals surface area contributed by atoms with Gasteiger partial charge in [0.15, 0.2) is 17.3 Å². The van der Waals surface area contributed by atoms with Crippen molar-refractivity contribution in [3.05, 3.63) is 64.2 Å². The Balaban J connectivity index is 1.58. The molecule has 12 heteroatoms. The summed E-state index contributed by atoms with van der Waals surface area (Å²) in [6.45, 7) is 0.198. The molecule has 2 aliphatic heterocycles. The normalized spacial score (nSPS) is 17.1. The highest BCUT2D eigenvalue weighted by Crippen LogP contribution is 2.36. The Bertz CT molecular complexity index is 1240. The molecule has 2 aromatic carbocycles. The summed E-state index contributed by atoms with van der Waals surface area (Å²) in [7, 11) is 1.44. The lowest BCUT2D eigenvalue weighted by atomic mass is 10.1. The number of nitrogens with zero attached hydrogens (tertiary/aromatic N) is 3. The van der Waals surface area contributed by atoms with E-state index in [9.17, 15) is 18.0 Å². The average molecular weight is 495 g/mol. The Morgan fingerprint density at radius 1 is 1.21 bits per heavy atom. The predicted octanol–water partition coefficient (Wildman–Crippen LogP) is 5.11. The highest BCUT2D eigenvalue weighted by atomic mass is 35.5. The van der Waals surface area contributed by atoms with E-state index in [0.29, 0.717) is 27.1 Å². The van der Waals surface area contributed by atoms with E-state index in [1.54, 1.807) is 24.3 Å². The summed E-state index contributed by atoms with van der Waals surface area (Å²) in [5.41, 5.74) is 1.03. The van der Waals surface area contributed by atoms with Crippen molar-refractivity contribution in [1.82, 2.24) is 5.01 Å². The number of amides is 1. The monoisotopic (exact) mass is 494 g/mol. The van der Waals surface area contributed by atoms with Crippen molar-refractivity contribution in [2.45, 2.75) is 12.8 Å². The minimum absolute atomic E-state index is 0.196. The molecule has 0 saturated carbocycles. The smallest absolute Gasteiger partial charge is 0.441 e. The number of alkyl halides is 3. The van der Waals surface area contributed by atoms with Gasteiger partial charge in [0, 0.05) is 10.6 Å². The fourth-order valence-corrected chi connectivity index (χ4v) is 3.89. The summed E-state index contributed by atoms with van der Waals surface area (Å²) in [5.74, 6) is -0.574. The molecule has 0 atom stereocenters. The fourth-order valence-electron chi connectivity index (χ4n) is 2.94. The van der Waals surface area contributed by atoms with Crippen molar-refractivity contribution in [2.24, 2.45) is 10.1 Å². The van der Waals surface area contributed by atoms with Gasteiger partial charge in [-0.1, -0.05) is 35.9 Å². The van der Waals surface area contributed by atoms with Crippen LogP contribution < -0.4 is 9.47 Å². The van der Waals surface area contributed by atoms with E-state index >= 15 is 0 Å².